The van der Waals surface area contributed by atoms with Gasteiger partial charge in [0.05, 0.1) is 11.8 Å². The van der Waals surface area contributed by atoms with Crippen molar-refractivity contribution in [2.75, 3.05) is 18.8 Å². The van der Waals surface area contributed by atoms with Crippen LogP contribution in [0.3, 0.4) is 0 Å². The molecule has 4 heterocycles. The molecular weight excluding hydrogens is 336 g/mol. The van der Waals surface area contributed by atoms with Crippen molar-refractivity contribution in [3.05, 3.63) is 40.6 Å². The molecule has 2 atom stereocenters. The highest BCUT2D eigenvalue weighted by Gasteiger charge is 2.52. The normalized spacial score (nSPS) is 25.8. The lowest BCUT2D eigenvalue weighted by Crippen LogP contribution is -2.37. The zero-order chi connectivity index (χ0) is 17.6. The highest BCUT2D eigenvalue weighted by molar-refractivity contribution is 5.23. The molecule has 10 heteroatoms. The molecule has 1 fully saturated rings. The van der Waals surface area contributed by atoms with E-state index in [4.69, 9.17) is 14.9 Å². The Morgan fingerprint density at radius 2 is 2.28 bits per heavy atom. The Balaban J connectivity index is 1.48. The third kappa shape index (κ3) is 3.02. The van der Waals surface area contributed by atoms with Crippen LogP contribution in [0.4, 0.5) is 14.6 Å². The summed E-state index contributed by atoms with van der Waals surface area (Å²) in [6, 6.07) is 1.30. The Bertz CT molecular complexity index is 837. The van der Waals surface area contributed by atoms with Crippen LogP contribution in [0.5, 0.6) is 0 Å². The highest BCUT2D eigenvalue weighted by atomic mass is 19.3. The van der Waals surface area contributed by atoms with E-state index in [1.54, 1.807) is 0 Å². The molecule has 1 unspecified atom stereocenters. The van der Waals surface area contributed by atoms with Crippen LogP contribution in [-0.4, -0.2) is 44.6 Å². The SMILES string of the molecule is Nc1ccn([C@@H]2OC(CN3CCc4ocnc4C3)CC2(F)F)c(=O)n1. The summed E-state index contributed by atoms with van der Waals surface area (Å²) in [7, 11) is 0. The van der Waals surface area contributed by atoms with Gasteiger partial charge in [-0.15, -0.1) is 0 Å². The fourth-order valence-corrected chi connectivity index (χ4v) is 3.34. The molecule has 2 aliphatic heterocycles. The first-order chi connectivity index (χ1) is 11.9. The number of aromatic nitrogens is 3. The number of nitrogen functional groups attached to an aromatic ring is 1. The fourth-order valence-electron chi connectivity index (χ4n) is 3.34. The molecule has 0 aliphatic carbocycles. The van der Waals surface area contributed by atoms with Gasteiger partial charge in [0.25, 0.3) is 5.92 Å². The molecule has 0 aromatic carbocycles. The van der Waals surface area contributed by atoms with Crippen LogP contribution in [0.1, 0.15) is 24.1 Å². The van der Waals surface area contributed by atoms with Gasteiger partial charge in [-0.05, 0) is 6.07 Å². The van der Waals surface area contributed by atoms with Crippen LogP contribution >= 0.6 is 0 Å². The van der Waals surface area contributed by atoms with Crippen molar-refractivity contribution in [2.45, 2.75) is 37.6 Å². The maximum Gasteiger partial charge on any atom is 0.351 e. The Morgan fingerprint density at radius 1 is 1.44 bits per heavy atom. The summed E-state index contributed by atoms with van der Waals surface area (Å²) < 4.78 is 40.3. The number of oxazole rings is 1. The van der Waals surface area contributed by atoms with Gasteiger partial charge in [-0.2, -0.15) is 4.98 Å². The maximum atomic E-state index is 14.4. The van der Waals surface area contributed by atoms with E-state index in [1.807, 2.05) is 4.90 Å². The molecule has 25 heavy (non-hydrogen) atoms. The first kappa shape index (κ1) is 16.2. The van der Waals surface area contributed by atoms with E-state index >= 15 is 0 Å². The number of anilines is 1. The molecule has 0 spiro atoms. The molecule has 8 nitrogen and oxygen atoms in total. The minimum Gasteiger partial charge on any atom is -0.448 e. The van der Waals surface area contributed by atoms with Crippen LogP contribution < -0.4 is 11.4 Å². The molecule has 2 aromatic rings. The van der Waals surface area contributed by atoms with Crippen molar-refractivity contribution < 1.29 is 17.9 Å². The summed E-state index contributed by atoms with van der Waals surface area (Å²) in [6.45, 7) is 1.54. The van der Waals surface area contributed by atoms with E-state index < -0.39 is 30.4 Å². The molecular formula is C15H17F2N5O3. The number of halogens is 2. The minimum atomic E-state index is -3.17. The first-order valence-corrected chi connectivity index (χ1v) is 7.94. The standard InChI is InChI=1S/C15H17F2N5O3/c16-15(17)5-9(6-21-3-1-11-10(7-21)19-8-24-11)25-13(15)22-4-2-12(18)20-14(22)23/h2,4,8-9,13H,1,3,5-7H2,(H2,18,20,23)/t9?,13-/m1/s1. The second kappa shape index (κ2) is 5.88. The van der Waals surface area contributed by atoms with E-state index in [2.05, 4.69) is 9.97 Å². The van der Waals surface area contributed by atoms with Gasteiger partial charge in [0, 0.05) is 38.7 Å². The molecule has 2 aromatic heterocycles. The van der Waals surface area contributed by atoms with Gasteiger partial charge < -0.3 is 14.9 Å². The summed E-state index contributed by atoms with van der Waals surface area (Å²) >= 11 is 0. The van der Waals surface area contributed by atoms with E-state index in [-0.39, 0.29) is 5.82 Å². The lowest BCUT2D eigenvalue weighted by atomic mass is 10.1. The number of nitrogens with two attached hydrogens (primary N) is 1. The Kier molecular flexibility index (Phi) is 3.80. The van der Waals surface area contributed by atoms with Crippen LogP contribution in [-0.2, 0) is 17.7 Å². The first-order valence-electron chi connectivity index (χ1n) is 7.94. The lowest BCUT2D eigenvalue weighted by molar-refractivity contribution is -0.119. The second-order valence-electron chi connectivity index (χ2n) is 6.33. The number of fused-ring (bicyclic) bond motifs is 1. The molecule has 1 saturated heterocycles. The van der Waals surface area contributed by atoms with Crippen molar-refractivity contribution in [3.63, 3.8) is 0 Å². The Labute approximate surface area is 141 Å². The van der Waals surface area contributed by atoms with E-state index in [9.17, 15) is 13.6 Å². The molecule has 134 valence electrons. The Hall–Kier alpha value is -2.33. The minimum absolute atomic E-state index is 0.0177. The molecule has 0 radical (unpaired) electrons. The zero-order valence-corrected chi connectivity index (χ0v) is 13.3. The molecule has 2 aliphatic rings. The average Bonchev–Trinajstić information content (AvgIpc) is 3.11. The average molecular weight is 353 g/mol. The summed E-state index contributed by atoms with van der Waals surface area (Å²) in [4.78, 5) is 21.5. The molecule has 0 saturated carbocycles. The van der Waals surface area contributed by atoms with Crippen LogP contribution in [0.25, 0.3) is 0 Å². The zero-order valence-electron chi connectivity index (χ0n) is 13.3. The van der Waals surface area contributed by atoms with Gasteiger partial charge in [-0.25, -0.2) is 18.6 Å². The van der Waals surface area contributed by atoms with Crippen molar-refractivity contribution >= 4 is 5.82 Å². The van der Waals surface area contributed by atoms with Crippen molar-refractivity contribution in [1.29, 1.82) is 0 Å². The van der Waals surface area contributed by atoms with Crippen molar-refractivity contribution in [2.24, 2.45) is 0 Å². The Morgan fingerprint density at radius 3 is 3.08 bits per heavy atom. The van der Waals surface area contributed by atoms with Crippen LogP contribution in [0.15, 0.2) is 27.9 Å². The van der Waals surface area contributed by atoms with Gasteiger partial charge >= 0.3 is 5.69 Å². The van der Waals surface area contributed by atoms with Gasteiger partial charge in [-0.3, -0.25) is 9.47 Å². The predicted octanol–water partition coefficient (Wildman–Crippen LogP) is 0.795. The van der Waals surface area contributed by atoms with Crippen molar-refractivity contribution in [1.82, 2.24) is 19.4 Å². The van der Waals surface area contributed by atoms with Gasteiger partial charge in [0.1, 0.15) is 11.6 Å². The van der Waals surface area contributed by atoms with E-state index in [0.29, 0.717) is 26.1 Å². The largest absolute Gasteiger partial charge is 0.448 e. The number of hydrogen-bond donors (Lipinski definition) is 1. The monoisotopic (exact) mass is 353 g/mol. The highest BCUT2D eigenvalue weighted by Crippen LogP contribution is 2.42. The number of hydrogen-bond acceptors (Lipinski definition) is 7. The van der Waals surface area contributed by atoms with E-state index in [1.165, 1.54) is 18.7 Å². The number of alkyl halides is 2. The third-order valence-electron chi connectivity index (χ3n) is 4.50. The van der Waals surface area contributed by atoms with Gasteiger partial charge in [0.15, 0.2) is 6.39 Å². The number of ether oxygens (including phenoxy) is 1. The quantitative estimate of drug-likeness (QED) is 0.871. The molecule has 0 bridgehead atoms. The molecule has 2 N–H and O–H groups in total. The summed E-state index contributed by atoms with van der Waals surface area (Å²) in [5, 5.41) is 0. The van der Waals surface area contributed by atoms with Crippen LogP contribution in [0, 0.1) is 0 Å². The van der Waals surface area contributed by atoms with Gasteiger partial charge in [-0.1, -0.05) is 0 Å². The number of rotatable bonds is 3. The second-order valence-corrected chi connectivity index (χ2v) is 6.33. The smallest absolute Gasteiger partial charge is 0.351 e. The maximum absolute atomic E-state index is 14.4. The van der Waals surface area contributed by atoms with Gasteiger partial charge in [0.2, 0.25) is 6.23 Å². The molecule has 4 rings (SSSR count). The summed E-state index contributed by atoms with van der Waals surface area (Å²) in [6.07, 6.45) is 0.433. The fraction of sp³-hybridized carbons (Fsp3) is 0.533. The van der Waals surface area contributed by atoms with Crippen LogP contribution in [0.2, 0.25) is 0 Å². The topological polar surface area (TPSA) is 99.4 Å². The van der Waals surface area contributed by atoms with E-state index in [0.717, 1.165) is 16.0 Å². The van der Waals surface area contributed by atoms with Crippen molar-refractivity contribution in [3.8, 4) is 0 Å². The number of nitrogens with zero attached hydrogens (tertiary/aromatic N) is 4. The summed E-state index contributed by atoms with van der Waals surface area (Å²) in [5.74, 6) is -2.34. The third-order valence-corrected chi connectivity index (χ3v) is 4.50. The summed E-state index contributed by atoms with van der Waals surface area (Å²) in [5.41, 5.74) is 5.38. The molecule has 0 amide bonds. The predicted molar refractivity (Wildman–Crippen MR) is 81.9 cm³/mol. The lowest BCUT2D eigenvalue weighted by Gasteiger charge is -2.27.